The summed E-state index contributed by atoms with van der Waals surface area (Å²) >= 11 is 0. The summed E-state index contributed by atoms with van der Waals surface area (Å²) in [4.78, 5) is 11.1. The third-order valence-corrected chi connectivity index (χ3v) is 5.33. The number of hydrogen-bond donors (Lipinski definition) is 0. The molecule has 1 aromatic heterocycles. The van der Waals surface area contributed by atoms with Gasteiger partial charge in [0.2, 0.25) is 5.88 Å². The van der Waals surface area contributed by atoms with Crippen LogP contribution in [0, 0.1) is 0 Å². The number of hydrogen-bond acceptors (Lipinski definition) is 6. The zero-order valence-corrected chi connectivity index (χ0v) is 15.6. The Morgan fingerprint density at radius 2 is 1.80 bits per heavy atom. The molecule has 0 bridgehead atoms. The second-order valence-corrected chi connectivity index (χ2v) is 8.59. The van der Waals surface area contributed by atoms with Gasteiger partial charge in [0.25, 0.3) is 0 Å². The minimum atomic E-state index is -3.18. The van der Waals surface area contributed by atoms with Gasteiger partial charge in [-0.25, -0.2) is 18.4 Å². The maximum atomic E-state index is 11.8. The lowest BCUT2D eigenvalue weighted by molar-refractivity contribution is 0.232. The summed E-state index contributed by atoms with van der Waals surface area (Å²) in [5.74, 6) is 1.41. The standard InChI is InChI=1S/C18H23N3O3S/c1-13(2)24-18-11-17(19-12-20-18)21-8-6-14-4-5-16(25(3,22)23)10-15(14)7-9-21/h4-5,10-13H,6-9H2,1-3H3. The largest absolute Gasteiger partial charge is 0.475 e. The average Bonchev–Trinajstić information content (AvgIpc) is 2.75. The molecule has 0 saturated carbocycles. The van der Waals surface area contributed by atoms with Crippen molar-refractivity contribution in [3.8, 4) is 5.88 Å². The van der Waals surface area contributed by atoms with Gasteiger partial charge in [0.1, 0.15) is 12.1 Å². The fourth-order valence-electron chi connectivity index (χ4n) is 2.97. The lowest BCUT2D eigenvalue weighted by atomic mass is 10.0. The molecule has 0 atom stereocenters. The van der Waals surface area contributed by atoms with Crippen LogP contribution in [0.5, 0.6) is 5.88 Å². The van der Waals surface area contributed by atoms with Crippen LogP contribution >= 0.6 is 0 Å². The summed E-state index contributed by atoms with van der Waals surface area (Å²) in [6.07, 6.45) is 4.46. The van der Waals surface area contributed by atoms with E-state index in [-0.39, 0.29) is 6.10 Å². The predicted molar refractivity (Wildman–Crippen MR) is 97.0 cm³/mol. The number of nitrogens with zero attached hydrogens (tertiary/aromatic N) is 3. The van der Waals surface area contributed by atoms with Crippen molar-refractivity contribution in [1.82, 2.24) is 9.97 Å². The lowest BCUT2D eigenvalue weighted by Crippen LogP contribution is -2.27. The zero-order valence-electron chi connectivity index (χ0n) is 14.8. The summed E-state index contributed by atoms with van der Waals surface area (Å²) in [6, 6.07) is 7.30. The van der Waals surface area contributed by atoms with E-state index in [2.05, 4.69) is 14.9 Å². The molecule has 7 heteroatoms. The highest BCUT2D eigenvalue weighted by atomic mass is 32.2. The summed E-state index contributed by atoms with van der Waals surface area (Å²) in [5.41, 5.74) is 2.29. The first kappa shape index (κ1) is 17.7. The summed E-state index contributed by atoms with van der Waals surface area (Å²) in [7, 11) is -3.18. The fraction of sp³-hybridized carbons (Fsp3) is 0.444. The molecular formula is C18H23N3O3S. The first-order valence-corrected chi connectivity index (χ1v) is 10.3. The molecule has 0 amide bonds. The van der Waals surface area contributed by atoms with Crippen molar-refractivity contribution in [3.63, 3.8) is 0 Å². The molecule has 0 unspecified atom stereocenters. The van der Waals surface area contributed by atoms with Crippen LogP contribution in [-0.2, 0) is 22.7 Å². The van der Waals surface area contributed by atoms with Gasteiger partial charge in [-0.1, -0.05) is 6.07 Å². The highest BCUT2D eigenvalue weighted by Crippen LogP contribution is 2.24. The number of sulfone groups is 1. The van der Waals surface area contributed by atoms with E-state index in [0.29, 0.717) is 10.8 Å². The number of ether oxygens (including phenoxy) is 1. The molecule has 2 heterocycles. The number of rotatable bonds is 4. The van der Waals surface area contributed by atoms with Crippen molar-refractivity contribution >= 4 is 15.7 Å². The molecule has 6 nitrogen and oxygen atoms in total. The number of fused-ring (bicyclic) bond motifs is 1. The SMILES string of the molecule is CC(C)Oc1cc(N2CCc3ccc(S(C)(=O)=O)cc3CC2)ncn1. The second kappa shape index (κ2) is 7.00. The van der Waals surface area contributed by atoms with E-state index in [1.54, 1.807) is 12.1 Å². The van der Waals surface area contributed by atoms with Crippen molar-refractivity contribution in [3.05, 3.63) is 41.7 Å². The highest BCUT2D eigenvalue weighted by Gasteiger charge is 2.18. The number of anilines is 1. The van der Waals surface area contributed by atoms with Gasteiger partial charge < -0.3 is 9.64 Å². The second-order valence-electron chi connectivity index (χ2n) is 6.57. The first-order chi connectivity index (χ1) is 11.8. The molecule has 0 radical (unpaired) electrons. The average molecular weight is 361 g/mol. The van der Waals surface area contributed by atoms with Crippen LogP contribution in [-0.4, -0.2) is 43.8 Å². The number of benzene rings is 1. The maximum Gasteiger partial charge on any atom is 0.218 e. The van der Waals surface area contributed by atoms with Crippen LogP contribution in [0.25, 0.3) is 0 Å². The quantitative estimate of drug-likeness (QED) is 0.832. The zero-order chi connectivity index (χ0) is 18.0. The topological polar surface area (TPSA) is 72.4 Å². The normalized spacial score (nSPS) is 15.0. The Bertz CT molecular complexity index is 866. The lowest BCUT2D eigenvalue weighted by Gasteiger charge is -2.21. The highest BCUT2D eigenvalue weighted by molar-refractivity contribution is 7.90. The van der Waals surface area contributed by atoms with Gasteiger partial charge in [-0.3, -0.25) is 0 Å². The van der Waals surface area contributed by atoms with Crippen LogP contribution in [0.2, 0.25) is 0 Å². The molecule has 2 aromatic rings. The van der Waals surface area contributed by atoms with Gasteiger partial charge >= 0.3 is 0 Å². The first-order valence-electron chi connectivity index (χ1n) is 8.38. The van der Waals surface area contributed by atoms with E-state index in [4.69, 9.17) is 4.74 Å². The third kappa shape index (κ3) is 4.28. The Balaban J connectivity index is 1.80. The van der Waals surface area contributed by atoms with Crippen LogP contribution < -0.4 is 9.64 Å². The van der Waals surface area contributed by atoms with Crippen LogP contribution in [0.15, 0.2) is 35.5 Å². The summed E-state index contributed by atoms with van der Waals surface area (Å²) < 4.78 is 29.2. The molecule has 1 aliphatic rings. The van der Waals surface area contributed by atoms with Crippen molar-refractivity contribution in [1.29, 1.82) is 0 Å². The maximum absolute atomic E-state index is 11.8. The Kier molecular flexibility index (Phi) is 4.94. The van der Waals surface area contributed by atoms with Crippen LogP contribution in [0.1, 0.15) is 25.0 Å². The van der Waals surface area contributed by atoms with Crippen molar-refractivity contribution in [2.75, 3.05) is 24.2 Å². The van der Waals surface area contributed by atoms with Crippen molar-refractivity contribution in [2.45, 2.75) is 37.7 Å². The summed E-state index contributed by atoms with van der Waals surface area (Å²) in [6.45, 7) is 5.52. The van der Waals surface area contributed by atoms with Crippen molar-refractivity contribution in [2.24, 2.45) is 0 Å². The smallest absolute Gasteiger partial charge is 0.218 e. The molecule has 1 aliphatic heterocycles. The molecule has 0 fully saturated rings. The molecule has 0 spiro atoms. The third-order valence-electron chi connectivity index (χ3n) is 4.22. The van der Waals surface area contributed by atoms with Gasteiger partial charge in [0.05, 0.1) is 11.0 Å². The fourth-order valence-corrected chi connectivity index (χ4v) is 3.64. The van der Waals surface area contributed by atoms with Gasteiger partial charge in [-0.05, 0) is 49.9 Å². The molecule has 0 aliphatic carbocycles. The van der Waals surface area contributed by atoms with E-state index >= 15 is 0 Å². The van der Waals surface area contributed by atoms with Gasteiger partial charge in [0.15, 0.2) is 9.84 Å². The van der Waals surface area contributed by atoms with Gasteiger partial charge in [-0.2, -0.15) is 0 Å². The van der Waals surface area contributed by atoms with E-state index in [9.17, 15) is 8.42 Å². The van der Waals surface area contributed by atoms with Crippen LogP contribution in [0.3, 0.4) is 0 Å². The van der Waals surface area contributed by atoms with E-state index in [0.717, 1.165) is 37.3 Å². The molecule has 3 rings (SSSR count). The molecule has 1 aromatic carbocycles. The van der Waals surface area contributed by atoms with Crippen LogP contribution in [0.4, 0.5) is 5.82 Å². The Hall–Kier alpha value is -2.15. The van der Waals surface area contributed by atoms with E-state index < -0.39 is 9.84 Å². The molecule has 0 N–H and O–H groups in total. The Labute approximate surface area is 148 Å². The van der Waals surface area contributed by atoms with E-state index in [1.165, 1.54) is 18.1 Å². The summed E-state index contributed by atoms with van der Waals surface area (Å²) in [5, 5.41) is 0. The molecule has 0 saturated heterocycles. The van der Waals surface area contributed by atoms with Gasteiger partial charge in [-0.15, -0.1) is 0 Å². The molecule has 134 valence electrons. The Morgan fingerprint density at radius 3 is 2.48 bits per heavy atom. The van der Waals surface area contributed by atoms with E-state index in [1.807, 2.05) is 26.0 Å². The molecule has 25 heavy (non-hydrogen) atoms. The van der Waals surface area contributed by atoms with Gasteiger partial charge in [0, 0.05) is 25.4 Å². The minimum Gasteiger partial charge on any atom is -0.475 e. The molecular weight excluding hydrogens is 338 g/mol. The predicted octanol–water partition coefficient (Wildman–Crippen LogP) is 2.27. The van der Waals surface area contributed by atoms with Crippen molar-refractivity contribution < 1.29 is 13.2 Å². The minimum absolute atomic E-state index is 0.0607. The number of aromatic nitrogens is 2. The monoisotopic (exact) mass is 361 g/mol. The Morgan fingerprint density at radius 1 is 1.08 bits per heavy atom.